The SMILES string of the molecule is COc1ccc(NC(=O)c2ccccc2SCC2CCCO2)cc1OC1CCCC1. The summed E-state index contributed by atoms with van der Waals surface area (Å²) in [7, 11) is 1.64. The Bertz CT molecular complexity index is 860. The van der Waals surface area contributed by atoms with Gasteiger partial charge in [0.25, 0.3) is 5.91 Å². The van der Waals surface area contributed by atoms with E-state index >= 15 is 0 Å². The number of carbonyl (C=O) groups is 1. The Labute approximate surface area is 182 Å². The van der Waals surface area contributed by atoms with Crippen LogP contribution in [0.2, 0.25) is 0 Å². The molecule has 1 amide bonds. The molecule has 4 rings (SSSR count). The van der Waals surface area contributed by atoms with Crippen molar-refractivity contribution in [1.82, 2.24) is 0 Å². The zero-order valence-electron chi connectivity index (χ0n) is 17.4. The van der Waals surface area contributed by atoms with Gasteiger partial charge in [0, 0.05) is 29.0 Å². The maximum atomic E-state index is 13.0. The monoisotopic (exact) mass is 427 g/mol. The third kappa shape index (κ3) is 5.29. The predicted octanol–water partition coefficient (Wildman–Crippen LogP) is 5.54. The molecule has 1 unspecified atom stereocenters. The van der Waals surface area contributed by atoms with Gasteiger partial charge in [-0.25, -0.2) is 0 Å². The van der Waals surface area contributed by atoms with E-state index in [2.05, 4.69) is 5.32 Å². The number of hydrogen-bond acceptors (Lipinski definition) is 5. The lowest BCUT2D eigenvalue weighted by atomic mass is 10.2. The van der Waals surface area contributed by atoms with Crippen LogP contribution >= 0.6 is 11.8 Å². The Kier molecular flexibility index (Phi) is 7.18. The van der Waals surface area contributed by atoms with Crippen LogP contribution in [0.15, 0.2) is 47.4 Å². The lowest BCUT2D eigenvalue weighted by Gasteiger charge is -2.17. The van der Waals surface area contributed by atoms with E-state index in [1.807, 2.05) is 42.5 Å². The molecule has 2 aromatic carbocycles. The van der Waals surface area contributed by atoms with Crippen molar-refractivity contribution in [3.63, 3.8) is 0 Å². The number of hydrogen-bond donors (Lipinski definition) is 1. The molecule has 0 radical (unpaired) electrons. The minimum Gasteiger partial charge on any atom is -0.493 e. The van der Waals surface area contributed by atoms with Crippen LogP contribution < -0.4 is 14.8 Å². The number of nitrogens with one attached hydrogen (secondary N) is 1. The van der Waals surface area contributed by atoms with E-state index in [-0.39, 0.29) is 18.1 Å². The van der Waals surface area contributed by atoms with Crippen molar-refractivity contribution in [1.29, 1.82) is 0 Å². The molecule has 2 aromatic rings. The van der Waals surface area contributed by atoms with Crippen LogP contribution in [0.25, 0.3) is 0 Å². The fraction of sp³-hybridized carbons (Fsp3) is 0.458. The van der Waals surface area contributed by atoms with Gasteiger partial charge in [0.2, 0.25) is 0 Å². The molecule has 6 heteroatoms. The highest BCUT2D eigenvalue weighted by molar-refractivity contribution is 7.99. The first-order valence-corrected chi connectivity index (χ1v) is 11.7. The highest BCUT2D eigenvalue weighted by atomic mass is 32.2. The largest absolute Gasteiger partial charge is 0.493 e. The number of methoxy groups -OCH3 is 1. The highest BCUT2D eigenvalue weighted by Crippen LogP contribution is 2.34. The van der Waals surface area contributed by atoms with Gasteiger partial charge in [0.1, 0.15) is 0 Å². The average molecular weight is 428 g/mol. The molecule has 2 fully saturated rings. The van der Waals surface area contributed by atoms with Gasteiger partial charge >= 0.3 is 0 Å². The van der Waals surface area contributed by atoms with Crippen LogP contribution in [0.5, 0.6) is 11.5 Å². The normalized spacial score (nSPS) is 19.0. The van der Waals surface area contributed by atoms with Gasteiger partial charge in [-0.1, -0.05) is 12.1 Å². The topological polar surface area (TPSA) is 56.8 Å². The first-order chi connectivity index (χ1) is 14.7. The number of anilines is 1. The fourth-order valence-corrected chi connectivity index (χ4v) is 5.09. The van der Waals surface area contributed by atoms with Crippen molar-refractivity contribution in [2.24, 2.45) is 0 Å². The first-order valence-electron chi connectivity index (χ1n) is 10.7. The Morgan fingerprint density at radius 3 is 2.70 bits per heavy atom. The number of carbonyl (C=O) groups excluding carboxylic acids is 1. The predicted molar refractivity (Wildman–Crippen MR) is 120 cm³/mol. The second-order valence-electron chi connectivity index (χ2n) is 7.79. The van der Waals surface area contributed by atoms with Crippen LogP contribution in [0.1, 0.15) is 48.9 Å². The minimum absolute atomic E-state index is 0.123. The smallest absolute Gasteiger partial charge is 0.256 e. The van der Waals surface area contributed by atoms with Crippen molar-refractivity contribution in [3.8, 4) is 11.5 Å². The summed E-state index contributed by atoms with van der Waals surface area (Å²) in [5.74, 6) is 2.12. The molecule has 0 bridgehead atoms. The summed E-state index contributed by atoms with van der Waals surface area (Å²) in [5, 5.41) is 3.02. The molecule has 0 spiro atoms. The minimum atomic E-state index is -0.123. The number of rotatable bonds is 8. The van der Waals surface area contributed by atoms with Gasteiger partial charge < -0.3 is 19.5 Å². The molecule has 1 saturated carbocycles. The maximum absolute atomic E-state index is 13.0. The lowest BCUT2D eigenvalue weighted by molar-refractivity contribution is 0.102. The maximum Gasteiger partial charge on any atom is 0.256 e. The fourth-order valence-electron chi connectivity index (χ4n) is 3.97. The third-order valence-corrected chi connectivity index (χ3v) is 6.80. The molecular weight excluding hydrogens is 398 g/mol. The van der Waals surface area contributed by atoms with E-state index in [0.717, 1.165) is 42.9 Å². The number of benzene rings is 2. The van der Waals surface area contributed by atoms with Crippen LogP contribution in [-0.2, 0) is 4.74 Å². The molecule has 1 aliphatic heterocycles. The summed E-state index contributed by atoms with van der Waals surface area (Å²) in [4.78, 5) is 14.0. The van der Waals surface area contributed by atoms with E-state index < -0.39 is 0 Å². The lowest BCUT2D eigenvalue weighted by Crippen LogP contribution is -2.15. The first kappa shape index (κ1) is 21.1. The molecule has 1 saturated heterocycles. The van der Waals surface area contributed by atoms with Crippen LogP contribution in [0.3, 0.4) is 0 Å². The van der Waals surface area contributed by atoms with Gasteiger partial charge in [-0.05, 0) is 62.8 Å². The van der Waals surface area contributed by atoms with Crippen LogP contribution in [-0.4, -0.2) is 37.6 Å². The average Bonchev–Trinajstić information content (AvgIpc) is 3.47. The Hall–Kier alpha value is -2.18. The Morgan fingerprint density at radius 1 is 1.10 bits per heavy atom. The van der Waals surface area contributed by atoms with E-state index in [4.69, 9.17) is 14.2 Å². The van der Waals surface area contributed by atoms with E-state index in [0.29, 0.717) is 22.7 Å². The number of ether oxygens (including phenoxy) is 3. The molecule has 1 heterocycles. The second-order valence-corrected chi connectivity index (χ2v) is 8.85. The van der Waals surface area contributed by atoms with Crippen molar-refractivity contribution in [2.75, 3.05) is 24.8 Å². The van der Waals surface area contributed by atoms with E-state index in [9.17, 15) is 4.79 Å². The van der Waals surface area contributed by atoms with Gasteiger partial charge in [-0.3, -0.25) is 4.79 Å². The Morgan fingerprint density at radius 2 is 1.93 bits per heavy atom. The molecule has 1 N–H and O–H groups in total. The molecular formula is C24H29NO4S. The second kappa shape index (κ2) is 10.2. The molecule has 0 aromatic heterocycles. The van der Waals surface area contributed by atoms with Crippen molar-refractivity contribution in [2.45, 2.75) is 55.6 Å². The van der Waals surface area contributed by atoms with Gasteiger partial charge in [-0.2, -0.15) is 0 Å². The van der Waals surface area contributed by atoms with E-state index in [1.165, 1.54) is 12.8 Å². The molecule has 1 atom stereocenters. The number of amides is 1. The number of thioether (sulfide) groups is 1. The van der Waals surface area contributed by atoms with E-state index in [1.54, 1.807) is 18.9 Å². The molecule has 30 heavy (non-hydrogen) atoms. The van der Waals surface area contributed by atoms with Crippen LogP contribution in [0.4, 0.5) is 5.69 Å². The van der Waals surface area contributed by atoms with Crippen molar-refractivity contribution in [3.05, 3.63) is 48.0 Å². The zero-order valence-corrected chi connectivity index (χ0v) is 18.2. The standard InChI is InChI=1S/C24H29NO4S/c1-27-21-13-12-17(15-22(21)29-18-7-2-3-8-18)25-24(26)20-10-4-5-11-23(20)30-16-19-9-6-14-28-19/h4-5,10-13,15,18-19H,2-3,6-9,14,16H2,1H3,(H,25,26). The summed E-state index contributed by atoms with van der Waals surface area (Å²) >= 11 is 1.68. The molecule has 160 valence electrons. The van der Waals surface area contributed by atoms with Crippen LogP contribution in [0, 0.1) is 0 Å². The molecule has 1 aliphatic carbocycles. The summed E-state index contributed by atoms with van der Waals surface area (Å²) in [6.07, 6.45) is 7.24. The molecule has 2 aliphatic rings. The van der Waals surface area contributed by atoms with Crippen molar-refractivity contribution >= 4 is 23.4 Å². The zero-order chi connectivity index (χ0) is 20.8. The van der Waals surface area contributed by atoms with Gasteiger partial charge in [0.15, 0.2) is 11.5 Å². The highest BCUT2D eigenvalue weighted by Gasteiger charge is 2.20. The third-order valence-electron chi connectivity index (χ3n) is 5.60. The Balaban J connectivity index is 1.45. The summed E-state index contributed by atoms with van der Waals surface area (Å²) < 4.78 is 17.3. The molecule has 5 nitrogen and oxygen atoms in total. The quantitative estimate of drug-likeness (QED) is 0.561. The summed E-state index contributed by atoms with van der Waals surface area (Å²) in [6.45, 7) is 0.843. The van der Waals surface area contributed by atoms with Crippen molar-refractivity contribution < 1.29 is 19.0 Å². The van der Waals surface area contributed by atoms with Gasteiger partial charge in [-0.15, -0.1) is 11.8 Å². The summed E-state index contributed by atoms with van der Waals surface area (Å²) in [5.41, 5.74) is 1.38. The van der Waals surface area contributed by atoms with Gasteiger partial charge in [0.05, 0.1) is 24.9 Å². The summed E-state index contributed by atoms with van der Waals surface area (Å²) in [6, 6.07) is 13.3.